The van der Waals surface area contributed by atoms with Gasteiger partial charge in [0.1, 0.15) is 5.75 Å². The van der Waals surface area contributed by atoms with Gasteiger partial charge in [-0.2, -0.15) is 4.98 Å². The highest BCUT2D eigenvalue weighted by molar-refractivity contribution is 7.99. The van der Waals surface area contributed by atoms with Crippen molar-refractivity contribution in [3.63, 3.8) is 0 Å². The van der Waals surface area contributed by atoms with E-state index in [-0.39, 0.29) is 0 Å². The zero-order valence-electron chi connectivity index (χ0n) is 13.6. The summed E-state index contributed by atoms with van der Waals surface area (Å²) in [6, 6.07) is 9.45. The normalized spacial score (nSPS) is 10.6. The predicted octanol–water partition coefficient (Wildman–Crippen LogP) is 2.92. The molecule has 0 bridgehead atoms. The molecule has 0 aliphatic carbocycles. The Bertz CT molecular complexity index is 837. The first-order valence-corrected chi connectivity index (χ1v) is 8.20. The van der Waals surface area contributed by atoms with Crippen LogP contribution >= 0.6 is 11.8 Å². The van der Waals surface area contributed by atoms with Crippen LogP contribution in [-0.2, 0) is 6.54 Å². The summed E-state index contributed by atoms with van der Waals surface area (Å²) in [6.07, 6.45) is 1.65. The van der Waals surface area contributed by atoms with Crippen LogP contribution in [0.5, 0.6) is 11.6 Å². The Morgan fingerprint density at radius 3 is 2.67 bits per heavy atom. The quantitative estimate of drug-likeness (QED) is 0.637. The highest BCUT2D eigenvalue weighted by Gasteiger charge is 2.17. The van der Waals surface area contributed by atoms with Crippen molar-refractivity contribution in [1.82, 2.24) is 24.7 Å². The third-order valence-electron chi connectivity index (χ3n) is 3.38. The molecule has 0 aliphatic heterocycles. The van der Waals surface area contributed by atoms with Gasteiger partial charge in [-0.25, -0.2) is 4.98 Å². The molecule has 0 fully saturated rings. The predicted molar refractivity (Wildman–Crippen MR) is 90.4 cm³/mol. The maximum absolute atomic E-state index is 5.43. The molecule has 0 saturated carbocycles. The number of hydrogen-bond donors (Lipinski definition) is 0. The van der Waals surface area contributed by atoms with Gasteiger partial charge in [-0.3, -0.25) is 0 Å². The van der Waals surface area contributed by atoms with Gasteiger partial charge in [-0.1, -0.05) is 12.1 Å². The number of para-hydroxylation sites is 1. The van der Waals surface area contributed by atoms with E-state index in [1.165, 1.54) is 11.8 Å². The summed E-state index contributed by atoms with van der Waals surface area (Å²) in [7, 11) is 3.22. The number of ether oxygens (including phenoxy) is 2. The zero-order valence-corrected chi connectivity index (χ0v) is 14.4. The van der Waals surface area contributed by atoms with E-state index in [0.29, 0.717) is 22.7 Å². The Kier molecular flexibility index (Phi) is 4.95. The summed E-state index contributed by atoms with van der Waals surface area (Å²) >= 11 is 1.34. The van der Waals surface area contributed by atoms with Gasteiger partial charge in [0.05, 0.1) is 19.8 Å². The molecular weight excluding hydrogens is 326 g/mol. The van der Waals surface area contributed by atoms with Crippen LogP contribution in [0.3, 0.4) is 0 Å². The van der Waals surface area contributed by atoms with E-state index in [1.54, 1.807) is 26.5 Å². The van der Waals surface area contributed by atoms with E-state index < -0.39 is 0 Å². The Labute approximate surface area is 144 Å². The highest BCUT2D eigenvalue weighted by atomic mass is 32.2. The topological polar surface area (TPSA) is 75.0 Å². The van der Waals surface area contributed by atoms with Crippen molar-refractivity contribution in [2.24, 2.45) is 0 Å². The molecular formula is C16H17N5O2S. The van der Waals surface area contributed by atoms with Crippen LogP contribution in [0.25, 0.3) is 11.4 Å². The number of hydrogen-bond acceptors (Lipinski definition) is 7. The first-order chi connectivity index (χ1) is 11.8. The number of rotatable bonds is 6. The van der Waals surface area contributed by atoms with E-state index in [2.05, 4.69) is 20.2 Å². The fourth-order valence-electron chi connectivity index (χ4n) is 2.25. The summed E-state index contributed by atoms with van der Waals surface area (Å²) in [6.45, 7) is 2.76. The van der Waals surface area contributed by atoms with E-state index >= 15 is 0 Å². The van der Waals surface area contributed by atoms with E-state index in [9.17, 15) is 0 Å². The molecule has 3 rings (SSSR count). The highest BCUT2D eigenvalue weighted by Crippen LogP contribution is 2.32. The lowest BCUT2D eigenvalue weighted by atomic mass is 10.2. The summed E-state index contributed by atoms with van der Waals surface area (Å²) in [5, 5.41) is 9.89. The molecule has 124 valence electrons. The fraction of sp³-hybridized carbons (Fsp3) is 0.250. The molecule has 8 heteroatoms. The van der Waals surface area contributed by atoms with Crippen molar-refractivity contribution >= 4 is 11.8 Å². The Morgan fingerprint density at radius 1 is 1.08 bits per heavy atom. The van der Waals surface area contributed by atoms with Crippen molar-refractivity contribution in [2.75, 3.05) is 14.2 Å². The van der Waals surface area contributed by atoms with Crippen molar-refractivity contribution in [3.05, 3.63) is 36.5 Å². The summed E-state index contributed by atoms with van der Waals surface area (Å²) in [5.41, 5.74) is 0.896. The molecule has 0 N–H and O–H groups in total. The van der Waals surface area contributed by atoms with Gasteiger partial charge in [0.2, 0.25) is 5.88 Å². The molecule has 7 nitrogen and oxygen atoms in total. The molecule has 24 heavy (non-hydrogen) atoms. The minimum absolute atomic E-state index is 0.514. The summed E-state index contributed by atoms with van der Waals surface area (Å²) < 4.78 is 12.6. The van der Waals surface area contributed by atoms with E-state index in [0.717, 1.165) is 17.1 Å². The van der Waals surface area contributed by atoms with Crippen LogP contribution in [0, 0.1) is 0 Å². The molecule has 2 aromatic heterocycles. The van der Waals surface area contributed by atoms with Crippen molar-refractivity contribution in [1.29, 1.82) is 0 Å². The van der Waals surface area contributed by atoms with Crippen molar-refractivity contribution in [2.45, 2.75) is 23.8 Å². The molecule has 3 aromatic rings. The second-order valence-electron chi connectivity index (χ2n) is 4.73. The van der Waals surface area contributed by atoms with Crippen LogP contribution in [0.4, 0.5) is 0 Å². The van der Waals surface area contributed by atoms with Gasteiger partial charge in [-0.05, 0) is 30.8 Å². The smallest absolute Gasteiger partial charge is 0.217 e. The number of methoxy groups -OCH3 is 2. The zero-order chi connectivity index (χ0) is 16.9. The molecule has 0 atom stereocenters. The second-order valence-corrected chi connectivity index (χ2v) is 5.67. The molecule has 0 amide bonds. The molecule has 2 heterocycles. The average molecular weight is 343 g/mol. The second kappa shape index (κ2) is 7.31. The molecule has 0 spiro atoms. The lowest BCUT2D eigenvalue weighted by Crippen LogP contribution is -2.01. The molecule has 0 aliphatic rings. The SMILES string of the molecule is CCn1c(Sc2nccc(OC)n2)nnc1-c1ccccc1OC. The lowest BCUT2D eigenvalue weighted by molar-refractivity contribution is 0.392. The average Bonchev–Trinajstić information content (AvgIpc) is 3.04. The third kappa shape index (κ3) is 3.18. The van der Waals surface area contributed by atoms with E-state index in [1.807, 2.05) is 35.8 Å². The lowest BCUT2D eigenvalue weighted by Gasteiger charge is -2.10. The van der Waals surface area contributed by atoms with Gasteiger partial charge in [0, 0.05) is 18.8 Å². The summed E-state index contributed by atoms with van der Waals surface area (Å²) in [5.74, 6) is 2.02. The van der Waals surface area contributed by atoms with Crippen molar-refractivity contribution in [3.8, 4) is 23.0 Å². The van der Waals surface area contributed by atoms with Gasteiger partial charge < -0.3 is 14.0 Å². The molecule has 0 radical (unpaired) electrons. The van der Waals surface area contributed by atoms with Gasteiger partial charge >= 0.3 is 0 Å². The number of nitrogens with zero attached hydrogens (tertiary/aromatic N) is 5. The Balaban J connectivity index is 1.97. The monoisotopic (exact) mass is 343 g/mol. The maximum Gasteiger partial charge on any atom is 0.217 e. The van der Waals surface area contributed by atoms with Crippen LogP contribution in [0.1, 0.15) is 6.92 Å². The standard InChI is InChI=1S/C16H17N5O2S/c1-4-21-14(11-7-5-6-8-12(11)22-2)19-20-16(21)24-15-17-10-9-13(18-15)23-3/h5-10H,4H2,1-3H3. The van der Waals surface area contributed by atoms with E-state index in [4.69, 9.17) is 9.47 Å². The van der Waals surface area contributed by atoms with Gasteiger partial charge in [-0.15, -0.1) is 10.2 Å². The minimum Gasteiger partial charge on any atom is -0.496 e. The fourth-order valence-corrected chi connectivity index (χ4v) is 3.07. The van der Waals surface area contributed by atoms with Crippen molar-refractivity contribution < 1.29 is 9.47 Å². The maximum atomic E-state index is 5.43. The number of benzene rings is 1. The third-order valence-corrected chi connectivity index (χ3v) is 4.24. The Hall–Kier alpha value is -2.61. The minimum atomic E-state index is 0.514. The van der Waals surface area contributed by atoms with Crippen LogP contribution < -0.4 is 9.47 Å². The van der Waals surface area contributed by atoms with Crippen LogP contribution in [-0.4, -0.2) is 39.0 Å². The number of aromatic nitrogens is 5. The van der Waals surface area contributed by atoms with Crippen LogP contribution in [0.2, 0.25) is 0 Å². The first kappa shape index (κ1) is 16.3. The molecule has 1 aromatic carbocycles. The van der Waals surface area contributed by atoms with Gasteiger partial charge in [0.25, 0.3) is 0 Å². The Morgan fingerprint density at radius 2 is 1.92 bits per heavy atom. The first-order valence-electron chi connectivity index (χ1n) is 7.38. The summed E-state index contributed by atoms with van der Waals surface area (Å²) in [4.78, 5) is 8.54. The largest absolute Gasteiger partial charge is 0.496 e. The van der Waals surface area contributed by atoms with Crippen LogP contribution in [0.15, 0.2) is 46.8 Å². The molecule has 0 unspecified atom stereocenters. The molecule has 0 saturated heterocycles. The van der Waals surface area contributed by atoms with Gasteiger partial charge in [0.15, 0.2) is 16.1 Å².